The van der Waals surface area contributed by atoms with Crippen molar-refractivity contribution in [3.8, 4) is 0 Å². The van der Waals surface area contributed by atoms with Crippen LogP contribution in [0.1, 0.15) is 12.8 Å². The van der Waals surface area contributed by atoms with Crippen LogP contribution in [0.25, 0.3) is 0 Å². The summed E-state index contributed by atoms with van der Waals surface area (Å²) < 4.78 is 5.25. The van der Waals surface area contributed by atoms with Gasteiger partial charge in [-0.1, -0.05) is 0 Å². The molecular formula is C7H11NO3. The third-order valence-corrected chi connectivity index (χ3v) is 2.50. The lowest BCUT2D eigenvalue weighted by atomic mass is 9.98. The van der Waals surface area contributed by atoms with Gasteiger partial charge in [0.25, 0.3) is 0 Å². The van der Waals surface area contributed by atoms with E-state index in [1.807, 2.05) is 0 Å². The highest BCUT2D eigenvalue weighted by Gasteiger charge is 2.47. The van der Waals surface area contributed by atoms with Gasteiger partial charge in [0.1, 0.15) is 0 Å². The van der Waals surface area contributed by atoms with Crippen LogP contribution in [-0.4, -0.2) is 41.4 Å². The van der Waals surface area contributed by atoms with Crippen molar-refractivity contribution in [2.45, 2.75) is 18.4 Å². The summed E-state index contributed by atoms with van der Waals surface area (Å²) in [7, 11) is 0. The second-order valence-corrected chi connectivity index (χ2v) is 3.24. The summed E-state index contributed by atoms with van der Waals surface area (Å²) in [5.74, 6) is 0. The Morgan fingerprint density at radius 3 is 2.36 bits per heavy atom. The molecule has 4 heteroatoms. The largest absolute Gasteiger partial charge is 0.465 e. The van der Waals surface area contributed by atoms with E-state index in [1.165, 1.54) is 4.90 Å². The van der Waals surface area contributed by atoms with Crippen LogP contribution in [0, 0.1) is 0 Å². The van der Waals surface area contributed by atoms with Crippen LogP contribution in [0.15, 0.2) is 0 Å². The summed E-state index contributed by atoms with van der Waals surface area (Å²) in [5.41, 5.74) is 0.0892. The first kappa shape index (κ1) is 6.91. The van der Waals surface area contributed by atoms with E-state index in [2.05, 4.69) is 0 Å². The summed E-state index contributed by atoms with van der Waals surface area (Å²) in [6, 6.07) is 0. The van der Waals surface area contributed by atoms with Gasteiger partial charge in [-0.05, 0) is 12.8 Å². The third kappa shape index (κ3) is 1.18. The van der Waals surface area contributed by atoms with E-state index >= 15 is 0 Å². The number of carboxylic acid groups (broad SMARTS) is 1. The Kier molecular flexibility index (Phi) is 1.32. The lowest BCUT2D eigenvalue weighted by Crippen LogP contribution is -2.40. The maximum absolute atomic E-state index is 10.5. The molecule has 1 N–H and O–H groups in total. The summed E-state index contributed by atoms with van der Waals surface area (Å²) in [6.07, 6.45) is 0.944. The van der Waals surface area contributed by atoms with Crippen LogP contribution in [0.4, 0.5) is 4.79 Å². The van der Waals surface area contributed by atoms with Crippen molar-refractivity contribution in [1.29, 1.82) is 0 Å². The maximum Gasteiger partial charge on any atom is 0.407 e. The minimum absolute atomic E-state index is 0.0892. The number of carbonyl (C=O) groups is 1. The topological polar surface area (TPSA) is 53.1 Å². The Morgan fingerprint density at radius 1 is 1.45 bits per heavy atom. The van der Waals surface area contributed by atoms with E-state index in [1.54, 1.807) is 0 Å². The van der Waals surface area contributed by atoms with Crippen LogP contribution >= 0.6 is 0 Å². The van der Waals surface area contributed by atoms with Gasteiger partial charge < -0.3 is 14.7 Å². The van der Waals surface area contributed by atoms with E-state index in [9.17, 15) is 4.79 Å². The minimum atomic E-state index is -0.805. The highest BCUT2D eigenvalue weighted by Crippen LogP contribution is 2.37. The Labute approximate surface area is 64.7 Å². The summed E-state index contributed by atoms with van der Waals surface area (Å²) >= 11 is 0. The third-order valence-electron chi connectivity index (χ3n) is 2.50. The molecule has 4 nitrogen and oxygen atoms in total. The van der Waals surface area contributed by atoms with Crippen LogP contribution < -0.4 is 0 Å². The zero-order chi connectivity index (χ0) is 7.90. The second-order valence-electron chi connectivity index (χ2n) is 3.24. The predicted octanol–water partition coefficient (Wildman–Crippen LogP) is 0.529. The molecule has 1 spiro atoms. The monoisotopic (exact) mass is 157 g/mol. The molecule has 0 unspecified atom stereocenters. The molecule has 2 rings (SSSR count). The number of rotatable bonds is 0. The first-order valence-corrected chi connectivity index (χ1v) is 3.84. The molecule has 0 aromatic heterocycles. The summed E-state index contributed by atoms with van der Waals surface area (Å²) in [4.78, 5) is 11.9. The molecule has 0 atom stereocenters. The average molecular weight is 157 g/mol. The number of hydrogen-bond acceptors (Lipinski definition) is 2. The SMILES string of the molecule is O=C(O)N1CCC2(CC1)CO2. The van der Waals surface area contributed by atoms with Crippen molar-refractivity contribution < 1.29 is 14.6 Å². The standard InChI is InChI=1S/C7H11NO3/c9-6(10)8-3-1-7(2-4-8)5-11-7/h1-5H2,(H,9,10). The molecule has 0 saturated carbocycles. The van der Waals surface area contributed by atoms with Gasteiger partial charge >= 0.3 is 6.09 Å². The van der Waals surface area contributed by atoms with Crippen LogP contribution in [0.3, 0.4) is 0 Å². The lowest BCUT2D eigenvalue weighted by Gasteiger charge is -2.27. The molecule has 0 bridgehead atoms. The molecule has 2 aliphatic rings. The molecule has 2 heterocycles. The van der Waals surface area contributed by atoms with Crippen LogP contribution in [0.2, 0.25) is 0 Å². The fraction of sp³-hybridized carbons (Fsp3) is 0.857. The van der Waals surface area contributed by atoms with E-state index in [-0.39, 0.29) is 5.60 Å². The van der Waals surface area contributed by atoms with Crippen molar-refractivity contribution in [3.63, 3.8) is 0 Å². The number of epoxide rings is 1. The number of likely N-dealkylation sites (tertiary alicyclic amines) is 1. The number of nitrogens with zero attached hydrogens (tertiary/aromatic N) is 1. The van der Waals surface area contributed by atoms with Crippen molar-refractivity contribution >= 4 is 6.09 Å². The first-order valence-electron chi connectivity index (χ1n) is 3.84. The minimum Gasteiger partial charge on any atom is -0.465 e. The molecule has 1 amide bonds. The van der Waals surface area contributed by atoms with Gasteiger partial charge in [0.15, 0.2) is 0 Å². The fourth-order valence-corrected chi connectivity index (χ4v) is 1.50. The highest BCUT2D eigenvalue weighted by molar-refractivity contribution is 5.65. The molecule has 2 fully saturated rings. The van der Waals surface area contributed by atoms with Gasteiger partial charge in [-0.15, -0.1) is 0 Å². The molecule has 0 aliphatic carbocycles. The smallest absolute Gasteiger partial charge is 0.407 e. The number of amides is 1. The van der Waals surface area contributed by atoms with Crippen LogP contribution in [0.5, 0.6) is 0 Å². The van der Waals surface area contributed by atoms with Gasteiger partial charge in [-0.2, -0.15) is 0 Å². The Bertz CT molecular complexity index is 178. The number of ether oxygens (including phenoxy) is 1. The zero-order valence-corrected chi connectivity index (χ0v) is 6.25. The van der Waals surface area contributed by atoms with E-state index in [0.717, 1.165) is 19.4 Å². The summed E-state index contributed by atoms with van der Waals surface area (Å²) in [6.45, 7) is 2.10. The van der Waals surface area contributed by atoms with Gasteiger partial charge in [0.05, 0.1) is 12.2 Å². The van der Waals surface area contributed by atoms with Crippen molar-refractivity contribution in [2.24, 2.45) is 0 Å². The Hall–Kier alpha value is -0.770. The van der Waals surface area contributed by atoms with Crippen molar-refractivity contribution in [2.75, 3.05) is 19.7 Å². The molecule has 0 aromatic carbocycles. The van der Waals surface area contributed by atoms with E-state index in [0.29, 0.717) is 13.1 Å². The normalized spacial score (nSPS) is 27.1. The summed E-state index contributed by atoms with van der Waals surface area (Å²) in [5, 5.41) is 8.61. The molecule has 2 saturated heterocycles. The fourth-order valence-electron chi connectivity index (χ4n) is 1.50. The van der Waals surface area contributed by atoms with Crippen molar-refractivity contribution in [3.05, 3.63) is 0 Å². The van der Waals surface area contributed by atoms with Gasteiger partial charge in [-0.3, -0.25) is 0 Å². The van der Waals surface area contributed by atoms with Gasteiger partial charge in [0.2, 0.25) is 0 Å². The number of hydrogen-bond donors (Lipinski definition) is 1. The second kappa shape index (κ2) is 2.11. The maximum atomic E-state index is 10.5. The molecular weight excluding hydrogens is 146 g/mol. The molecule has 2 aliphatic heterocycles. The molecule has 0 aromatic rings. The highest BCUT2D eigenvalue weighted by atomic mass is 16.6. The van der Waals surface area contributed by atoms with Gasteiger partial charge in [0, 0.05) is 13.1 Å². The van der Waals surface area contributed by atoms with Crippen LogP contribution in [-0.2, 0) is 4.74 Å². The molecule has 0 radical (unpaired) electrons. The number of piperidine rings is 1. The molecule has 11 heavy (non-hydrogen) atoms. The predicted molar refractivity (Wildman–Crippen MR) is 37.5 cm³/mol. The Morgan fingerprint density at radius 2 is 2.00 bits per heavy atom. The zero-order valence-electron chi connectivity index (χ0n) is 6.25. The molecule has 62 valence electrons. The van der Waals surface area contributed by atoms with Gasteiger partial charge in [-0.25, -0.2) is 4.79 Å². The van der Waals surface area contributed by atoms with Crippen molar-refractivity contribution in [1.82, 2.24) is 4.90 Å². The average Bonchev–Trinajstić information content (AvgIpc) is 2.70. The lowest BCUT2D eigenvalue weighted by molar-refractivity contribution is 0.113. The Balaban J connectivity index is 1.89. The first-order chi connectivity index (χ1) is 5.22. The van der Waals surface area contributed by atoms with E-state index < -0.39 is 6.09 Å². The van der Waals surface area contributed by atoms with E-state index in [4.69, 9.17) is 9.84 Å². The quantitative estimate of drug-likeness (QED) is 0.522.